The molecule has 0 amide bonds. The molecule has 0 aromatic heterocycles. The molecule has 0 N–H and O–H groups in total. The summed E-state index contributed by atoms with van der Waals surface area (Å²) in [6.07, 6.45) is 6.29. The Morgan fingerprint density at radius 1 is 1.22 bits per heavy atom. The molecule has 2 bridgehead atoms. The van der Waals surface area contributed by atoms with Gasteiger partial charge in [-0.2, -0.15) is 0 Å². The molecule has 2 heterocycles. The Morgan fingerprint density at radius 2 is 1.87 bits per heavy atom. The van der Waals surface area contributed by atoms with Crippen LogP contribution in [0.1, 0.15) is 51.0 Å². The number of quaternary nitrogens is 1. The maximum atomic E-state index is 14.4. The Hall–Kier alpha value is -1.00. The van der Waals surface area contributed by atoms with Crippen LogP contribution in [-0.2, 0) is 10.3 Å². The van der Waals surface area contributed by atoms with Gasteiger partial charge in [0.2, 0.25) is 0 Å². The number of hydrogen-bond donors (Lipinski definition) is 0. The van der Waals surface area contributed by atoms with Crippen LogP contribution in [0.2, 0.25) is 0 Å². The van der Waals surface area contributed by atoms with Crippen molar-refractivity contribution < 1.29 is 18.0 Å². The van der Waals surface area contributed by atoms with E-state index in [4.69, 9.17) is 4.74 Å². The highest BCUT2D eigenvalue weighted by atomic mass is 19.2. The molecular weight excluding hydrogens is 296 g/mol. The van der Waals surface area contributed by atoms with E-state index in [0.29, 0.717) is 17.6 Å². The molecule has 0 saturated carbocycles. The van der Waals surface area contributed by atoms with E-state index in [1.165, 1.54) is 25.5 Å². The highest BCUT2D eigenvalue weighted by Crippen LogP contribution is 2.51. The highest BCUT2D eigenvalue weighted by molar-refractivity contribution is 5.27. The van der Waals surface area contributed by atoms with E-state index < -0.39 is 17.2 Å². The van der Waals surface area contributed by atoms with Crippen molar-refractivity contribution in [1.29, 1.82) is 0 Å². The van der Waals surface area contributed by atoms with E-state index in [1.54, 1.807) is 19.2 Å². The van der Waals surface area contributed by atoms with Crippen LogP contribution in [0.3, 0.4) is 0 Å². The Labute approximate surface area is 138 Å². The van der Waals surface area contributed by atoms with Crippen molar-refractivity contribution >= 4 is 0 Å². The average Bonchev–Trinajstić information content (AvgIpc) is 2.74. The molecule has 3 rings (SSSR count). The van der Waals surface area contributed by atoms with Gasteiger partial charge in [0.25, 0.3) is 0 Å². The zero-order valence-corrected chi connectivity index (χ0v) is 14.4. The number of hydrogen-bond acceptors (Lipinski definition) is 1. The molecule has 2 nitrogen and oxygen atoms in total. The summed E-state index contributed by atoms with van der Waals surface area (Å²) in [6.45, 7) is 3.40. The monoisotopic (exact) mass is 324 g/mol. The third-order valence-electron chi connectivity index (χ3n) is 6.46. The first kappa shape index (κ1) is 16.8. The second kappa shape index (κ2) is 6.14. The van der Waals surface area contributed by atoms with Crippen molar-refractivity contribution in [1.82, 2.24) is 0 Å². The molecule has 2 fully saturated rings. The van der Waals surface area contributed by atoms with Crippen molar-refractivity contribution in [2.24, 2.45) is 0 Å². The van der Waals surface area contributed by atoms with Gasteiger partial charge in [0, 0.05) is 38.4 Å². The molecule has 23 heavy (non-hydrogen) atoms. The SMILES string of the molecule is CCCC[N+]1(C)C2CCC1CC(OC)(c1cccc(F)c1F)C2. The van der Waals surface area contributed by atoms with Crippen LogP contribution in [0.25, 0.3) is 0 Å². The maximum Gasteiger partial charge on any atom is 0.164 e. The molecule has 2 aliphatic rings. The number of unbranched alkanes of at least 4 members (excludes halogenated alkanes) is 1. The quantitative estimate of drug-likeness (QED) is 0.731. The van der Waals surface area contributed by atoms with E-state index in [0.717, 1.165) is 30.2 Å². The summed E-state index contributed by atoms with van der Waals surface area (Å²) < 4.78 is 35.1. The van der Waals surface area contributed by atoms with Gasteiger partial charge in [0.15, 0.2) is 11.6 Å². The van der Waals surface area contributed by atoms with Crippen molar-refractivity contribution in [2.75, 3.05) is 20.7 Å². The second-order valence-electron chi connectivity index (χ2n) is 7.52. The van der Waals surface area contributed by atoms with Crippen LogP contribution in [0, 0.1) is 11.6 Å². The van der Waals surface area contributed by atoms with Gasteiger partial charge >= 0.3 is 0 Å². The lowest BCUT2D eigenvalue weighted by molar-refractivity contribution is -0.951. The van der Waals surface area contributed by atoms with E-state index in [1.807, 2.05) is 0 Å². The summed E-state index contributed by atoms with van der Waals surface area (Å²) in [5.41, 5.74) is -0.277. The maximum absolute atomic E-state index is 14.4. The van der Waals surface area contributed by atoms with Gasteiger partial charge in [-0.15, -0.1) is 0 Å². The minimum atomic E-state index is -0.778. The molecule has 4 heteroatoms. The fraction of sp³-hybridized carbons (Fsp3) is 0.684. The second-order valence-corrected chi connectivity index (χ2v) is 7.52. The van der Waals surface area contributed by atoms with E-state index in [-0.39, 0.29) is 0 Å². The zero-order valence-electron chi connectivity index (χ0n) is 14.4. The first-order valence-corrected chi connectivity index (χ1v) is 8.81. The van der Waals surface area contributed by atoms with Gasteiger partial charge in [0.05, 0.1) is 25.7 Å². The molecule has 0 spiro atoms. The molecule has 1 aromatic rings. The molecule has 2 unspecified atom stereocenters. The van der Waals surface area contributed by atoms with Crippen molar-refractivity contribution in [3.63, 3.8) is 0 Å². The predicted octanol–water partition coefficient (Wildman–Crippen LogP) is 4.38. The molecule has 2 aliphatic heterocycles. The normalized spacial score (nSPS) is 36.4. The standard InChI is InChI=1S/C19H28F2NO/c1-4-5-11-22(2)14-9-10-15(22)13-19(12-14,23-3)16-7-6-8-17(20)18(16)21/h6-8,14-15H,4-5,9-13H2,1-3H3/q+1. The van der Waals surface area contributed by atoms with Crippen LogP contribution < -0.4 is 0 Å². The summed E-state index contributed by atoms with van der Waals surface area (Å²) in [5.74, 6) is -1.52. The number of benzene rings is 1. The molecule has 128 valence electrons. The van der Waals surface area contributed by atoms with E-state index in [2.05, 4.69) is 14.0 Å². The number of nitrogens with zero attached hydrogens (tertiary/aromatic N) is 1. The molecule has 2 saturated heterocycles. The number of fused-ring (bicyclic) bond motifs is 2. The topological polar surface area (TPSA) is 9.23 Å². The zero-order chi connectivity index (χ0) is 16.7. The van der Waals surface area contributed by atoms with E-state index in [9.17, 15) is 8.78 Å². The first-order chi connectivity index (χ1) is 11.0. The van der Waals surface area contributed by atoms with Gasteiger partial charge in [-0.1, -0.05) is 25.5 Å². The molecular formula is C19H28F2NO+. The lowest BCUT2D eigenvalue weighted by Crippen LogP contribution is -2.61. The van der Waals surface area contributed by atoms with Crippen LogP contribution >= 0.6 is 0 Å². The average molecular weight is 324 g/mol. The third-order valence-corrected chi connectivity index (χ3v) is 6.46. The molecule has 1 aromatic carbocycles. The summed E-state index contributed by atoms with van der Waals surface area (Å²) in [4.78, 5) is 0. The number of ether oxygens (including phenoxy) is 1. The number of rotatable bonds is 5. The van der Waals surface area contributed by atoms with Crippen LogP contribution in [-0.4, -0.2) is 37.3 Å². The largest absolute Gasteiger partial charge is 0.373 e. The fourth-order valence-corrected chi connectivity index (χ4v) is 4.95. The highest BCUT2D eigenvalue weighted by Gasteiger charge is 2.57. The minimum absolute atomic E-state index is 0.402. The van der Waals surface area contributed by atoms with Crippen molar-refractivity contribution in [3.8, 4) is 0 Å². The van der Waals surface area contributed by atoms with Gasteiger partial charge in [-0.25, -0.2) is 8.78 Å². The Kier molecular flexibility index (Phi) is 4.49. The Balaban J connectivity index is 1.94. The van der Waals surface area contributed by atoms with Crippen LogP contribution in [0.4, 0.5) is 8.78 Å². The minimum Gasteiger partial charge on any atom is -0.373 e. The number of methoxy groups -OCH3 is 1. The summed E-state index contributed by atoms with van der Waals surface area (Å²) in [6, 6.07) is 5.42. The van der Waals surface area contributed by atoms with Gasteiger partial charge in [0.1, 0.15) is 5.60 Å². The van der Waals surface area contributed by atoms with Crippen molar-refractivity contribution in [2.45, 2.75) is 63.1 Å². The number of halogens is 2. The smallest absolute Gasteiger partial charge is 0.164 e. The lowest BCUT2D eigenvalue weighted by atomic mass is 9.78. The van der Waals surface area contributed by atoms with Crippen LogP contribution in [0.15, 0.2) is 18.2 Å². The molecule has 2 atom stereocenters. The first-order valence-electron chi connectivity index (χ1n) is 8.81. The number of piperidine rings is 1. The third kappa shape index (κ3) is 2.60. The molecule has 0 radical (unpaired) electrons. The predicted molar refractivity (Wildman–Crippen MR) is 87.0 cm³/mol. The molecule has 0 aliphatic carbocycles. The van der Waals surface area contributed by atoms with E-state index >= 15 is 0 Å². The Bertz CT molecular complexity index is 560. The van der Waals surface area contributed by atoms with Crippen LogP contribution in [0.5, 0.6) is 0 Å². The summed E-state index contributed by atoms with van der Waals surface area (Å²) in [5, 5.41) is 0. The lowest BCUT2D eigenvalue weighted by Gasteiger charge is -2.51. The van der Waals surface area contributed by atoms with Gasteiger partial charge in [-0.3, -0.25) is 0 Å². The van der Waals surface area contributed by atoms with Gasteiger partial charge in [-0.05, 0) is 12.5 Å². The summed E-state index contributed by atoms with van der Waals surface area (Å²) >= 11 is 0. The summed E-state index contributed by atoms with van der Waals surface area (Å²) in [7, 11) is 3.99. The Morgan fingerprint density at radius 3 is 2.43 bits per heavy atom. The van der Waals surface area contributed by atoms with Gasteiger partial charge < -0.3 is 9.22 Å². The van der Waals surface area contributed by atoms with Crippen molar-refractivity contribution in [3.05, 3.63) is 35.4 Å². The fourth-order valence-electron chi connectivity index (χ4n) is 4.95.